The molecule has 0 saturated carbocycles. The van der Waals surface area contributed by atoms with E-state index in [1.807, 2.05) is 93.6 Å². The average Bonchev–Trinajstić information content (AvgIpc) is 3.02. The molecule has 0 heterocycles. The molecule has 0 saturated heterocycles. The summed E-state index contributed by atoms with van der Waals surface area (Å²) in [5, 5.41) is 8.28. The summed E-state index contributed by atoms with van der Waals surface area (Å²) >= 11 is 1.41. The second-order valence-corrected chi connectivity index (χ2v) is 11.0. The van der Waals surface area contributed by atoms with Crippen LogP contribution in [0.2, 0.25) is 0 Å². The van der Waals surface area contributed by atoms with Gasteiger partial charge in [-0.3, -0.25) is 14.4 Å². The van der Waals surface area contributed by atoms with Gasteiger partial charge >= 0.3 is 0 Å². The second-order valence-electron chi connectivity index (χ2n) is 9.70. The first-order chi connectivity index (χ1) is 20.9. The van der Waals surface area contributed by atoms with Crippen molar-refractivity contribution >= 4 is 46.9 Å². The third kappa shape index (κ3) is 9.08. The van der Waals surface area contributed by atoms with Crippen LogP contribution in [0, 0.1) is 6.92 Å². The minimum atomic E-state index is -0.468. The highest BCUT2D eigenvalue weighted by atomic mass is 32.2. The van der Waals surface area contributed by atoms with Gasteiger partial charge in [0, 0.05) is 16.1 Å². The number of carbonyl (C=O) groups excluding carboxylic acids is 3. The zero-order chi connectivity index (χ0) is 30.6. The highest BCUT2D eigenvalue weighted by Gasteiger charge is 2.20. The molecule has 1 unspecified atom stereocenters. The normalized spacial score (nSPS) is 11.7. The maximum atomic E-state index is 13.5. The van der Waals surface area contributed by atoms with Crippen molar-refractivity contribution in [3.8, 4) is 5.75 Å². The van der Waals surface area contributed by atoms with Crippen LogP contribution in [0.3, 0.4) is 0 Å². The summed E-state index contributed by atoms with van der Waals surface area (Å²) in [7, 11) is 0. The Morgan fingerprint density at radius 3 is 2.28 bits per heavy atom. The lowest BCUT2D eigenvalue weighted by Crippen LogP contribution is -2.30. The van der Waals surface area contributed by atoms with Gasteiger partial charge in [-0.1, -0.05) is 73.2 Å². The van der Waals surface area contributed by atoms with E-state index in [2.05, 4.69) is 16.0 Å². The lowest BCUT2D eigenvalue weighted by atomic mass is 10.1. The Hall–Kier alpha value is -4.82. The summed E-state index contributed by atoms with van der Waals surface area (Å²) in [4.78, 5) is 40.4. The monoisotopic (exact) mass is 593 g/mol. The molecule has 4 rings (SSSR count). The standard InChI is InChI=1S/C35H35N3O4S/c1-4-32(35(41)37-29-16-9-10-17-31(29)42-5-2)43-28-15-11-14-27(23-28)36-34(40)30(22-25-20-18-24(3)19-21-25)38-33(39)26-12-7-6-8-13-26/h6-23,32H,4-5H2,1-3H3,(H,36,40)(H,37,41)(H,38,39)/b30-22+. The highest BCUT2D eigenvalue weighted by Crippen LogP contribution is 2.30. The van der Waals surface area contributed by atoms with Crippen LogP contribution in [0.15, 0.2) is 114 Å². The first-order valence-electron chi connectivity index (χ1n) is 14.1. The van der Waals surface area contributed by atoms with E-state index in [0.29, 0.717) is 35.7 Å². The Labute approximate surface area is 256 Å². The quantitative estimate of drug-likeness (QED) is 0.118. The molecule has 0 radical (unpaired) electrons. The Kier molecular flexibility index (Phi) is 11.2. The van der Waals surface area contributed by atoms with Crippen molar-refractivity contribution < 1.29 is 19.1 Å². The number of ether oxygens (including phenoxy) is 1. The largest absolute Gasteiger partial charge is 0.492 e. The lowest BCUT2D eigenvalue weighted by Gasteiger charge is -2.17. The topological polar surface area (TPSA) is 96.5 Å². The number of hydrogen-bond acceptors (Lipinski definition) is 5. The number of thioether (sulfide) groups is 1. The molecule has 4 aromatic rings. The zero-order valence-electron chi connectivity index (χ0n) is 24.4. The molecule has 3 amide bonds. The molecule has 4 aromatic carbocycles. The molecule has 0 bridgehead atoms. The van der Waals surface area contributed by atoms with Gasteiger partial charge in [-0.15, -0.1) is 11.8 Å². The third-order valence-electron chi connectivity index (χ3n) is 6.40. The average molecular weight is 594 g/mol. The Morgan fingerprint density at radius 1 is 0.837 bits per heavy atom. The van der Waals surface area contributed by atoms with E-state index >= 15 is 0 Å². The number of aryl methyl sites for hydroxylation is 1. The van der Waals surface area contributed by atoms with Crippen molar-refractivity contribution in [2.24, 2.45) is 0 Å². The van der Waals surface area contributed by atoms with Crippen LogP contribution in [0.1, 0.15) is 41.8 Å². The minimum Gasteiger partial charge on any atom is -0.492 e. The second kappa shape index (κ2) is 15.4. The maximum absolute atomic E-state index is 13.5. The Bertz CT molecular complexity index is 1590. The van der Waals surface area contributed by atoms with Gasteiger partial charge < -0.3 is 20.7 Å². The SMILES string of the molecule is CCOc1ccccc1NC(=O)C(CC)Sc1cccc(NC(=O)/C(=C\c2ccc(C)cc2)NC(=O)c2ccccc2)c1. The van der Waals surface area contributed by atoms with Crippen molar-refractivity contribution in [2.45, 2.75) is 37.3 Å². The summed E-state index contributed by atoms with van der Waals surface area (Å²) < 4.78 is 5.64. The Balaban J connectivity index is 1.49. The molecule has 0 spiro atoms. The molecule has 220 valence electrons. The van der Waals surface area contributed by atoms with Crippen LogP contribution >= 0.6 is 11.8 Å². The van der Waals surface area contributed by atoms with E-state index < -0.39 is 5.91 Å². The fourth-order valence-corrected chi connectivity index (χ4v) is 5.18. The smallest absolute Gasteiger partial charge is 0.272 e. The maximum Gasteiger partial charge on any atom is 0.272 e. The molecule has 0 aliphatic rings. The van der Waals surface area contributed by atoms with Crippen molar-refractivity contribution in [1.29, 1.82) is 0 Å². The number of hydrogen-bond donors (Lipinski definition) is 3. The first kappa shape index (κ1) is 31.1. The lowest BCUT2D eigenvalue weighted by molar-refractivity contribution is -0.116. The summed E-state index contributed by atoms with van der Waals surface area (Å²) in [5.74, 6) is -0.372. The highest BCUT2D eigenvalue weighted by molar-refractivity contribution is 8.00. The van der Waals surface area contributed by atoms with E-state index in [4.69, 9.17) is 4.74 Å². The molecule has 0 fully saturated rings. The summed E-state index contributed by atoms with van der Waals surface area (Å²) in [5.41, 5.74) is 3.57. The van der Waals surface area contributed by atoms with Gasteiger partial charge in [-0.2, -0.15) is 0 Å². The molecule has 1 atom stereocenters. The number of rotatable bonds is 12. The minimum absolute atomic E-state index is 0.106. The molecule has 0 aliphatic carbocycles. The number of carbonyl (C=O) groups is 3. The molecular formula is C35H35N3O4S. The van der Waals surface area contributed by atoms with Crippen LogP contribution in [0.4, 0.5) is 11.4 Å². The van der Waals surface area contributed by atoms with E-state index in [9.17, 15) is 14.4 Å². The van der Waals surface area contributed by atoms with Gasteiger partial charge in [0.1, 0.15) is 11.4 Å². The van der Waals surface area contributed by atoms with Gasteiger partial charge in [-0.25, -0.2) is 0 Å². The van der Waals surface area contributed by atoms with Gasteiger partial charge in [-0.05, 0) is 74.4 Å². The Morgan fingerprint density at radius 2 is 1.56 bits per heavy atom. The van der Waals surface area contributed by atoms with Gasteiger partial charge in [0.2, 0.25) is 5.91 Å². The van der Waals surface area contributed by atoms with Crippen LogP contribution in [0.5, 0.6) is 5.75 Å². The fraction of sp³-hybridized carbons (Fsp3) is 0.171. The number of nitrogens with one attached hydrogen (secondary N) is 3. The number of benzene rings is 4. The van der Waals surface area contributed by atoms with Gasteiger partial charge in [0.15, 0.2) is 0 Å². The molecular weight excluding hydrogens is 558 g/mol. The number of para-hydroxylation sites is 2. The predicted molar refractivity (Wildman–Crippen MR) is 174 cm³/mol. The first-order valence-corrected chi connectivity index (χ1v) is 15.0. The summed E-state index contributed by atoms with van der Waals surface area (Å²) in [6.07, 6.45) is 2.24. The van der Waals surface area contributed by atoms with Crippen LogP contribution < -0.4 is 20.7 Å². The molecule has 3 N–H and O–H groups in total. The molecule has 43 heavy (non-hydrogen) atoms. The van der Waals surface area contributed by atoms with Gasteiger partial charge in [0.05, 0.1) is 17.5 Å². The van der Waals surface area contributed by atoms with Crippen molar-refractivity contribution in [1.82, 2.24) is 5.32 Å². The van der Waals surface area contributed by atoms with Gasteiger partial charge in [0.25, 0.3) is 11.8 Å². The molecule has 0 aromatic heterocycles. The molecule has 8 heteroatoms. The van der Waals surface area contributed by atoms with E-state index in [1.54, 1.807) is 36.4 Å². The fourth-order valence-electron chi connectivity index (χ4n) is 4.17. The van der Waals surface area contributed by atoms with E-state index in [-0.39, 0.29) is 22.8 Å². The van der Waals surface area contributed by atoms with Crippen LogP contribution in [0.25, 0.3) is 6.08 Å². The van der Waals surface area contributed by atoms with Crippen molar-refractivity contribution in [2.75, 3.05) is 17.2 Å². The van der Waals surface area contributed by atoms with Crippen LogP contribution in [-0.4, -0.2) is 29.6 Å². The van der Waals surface area contributed by atoms with Crippen molar-refractivity contribution in [3.63, 3.8) is 0 Å². The third-order valence-corrected chi connectivity index (χ3v) is 7.75. The predicted octanol–water partition coefficient (Wildman–Crippen LogP) is 7.31. The summed E-state index contributed by atoms with van der Waals surface area (Å²) in [6, 6.07) is 31.0. The van der Waals surface area contributed by atoms with E-state index in [1.165, 1.54) is 11.8 Å². The molecule has 0 aliphatic heterocycles. The summed E-state index contributed by atoms with van der Waals surface area (Å²) in [6.45, 7) is 6.33. The number of amides is 3. The number of anilines is 2. The van der Waals surface area contributed by atoms with Crippen molar-refractivity contribution in [3.05, 3.63) is 126 Å². The van der Waals surface area contributed by atoms with E-state index in [0.717, 1.165) is 16.0 Å². The van der Waals surface area contributed by atoms with Crippen LogP contribution in [-0.2, 0) is 9.59 Å². The molecule has 7 nitrogen and oxygen atoms in total. The zero-order valence-corrected chi connectivity index (χ0v) is 25.2.